The van der Waals surface area contributed by atoms with Crippen LogP contribution in [0.25, 0.3) is 0 Å². The molecule has 0 aliphatic carbocycles. The first-order valence-electron chi connectivity index (χ1n) is 8.12. The summed E-state index contributed by atoms with van der Waals surface area (Å²) < 4.78 is 10.6. The Morgan fingerprint density at radius 1 is 0.864 bits per heavy atom. The number of imide groups is 1. The maximum Gasteiger partial charge on any atom is 0.232 e. The van der Waals surface area contributed by atoms with Crippen LogP contribution in [0, 0.1) is 23.7 Å². The van der Waals surface area contributed by atoms with Gasteiger partial charge < -0.3 is 15.2 Å². The van der Waals surface area contributed by atoms with Gasteiger partial charge in [0.2, 0.25) is 11.8 Å². The Morgan fingerprint density at radius 3 is 1.77 bits per heavy atom. The van der Waals surface area contributed by atoms with Crippen LogP contribution in [0.5, 0.6) is 0 Å². The summed E-state index contributed by atoms with van der Waals surface area (Å²) in [5, 5.41) is 0. The zero-order valence-electron chi connectivity index (χ0n) is 14.2. The number of carbonyl (C=O) groups excluding carboxylic acids is 2. The average Bonchev–Trinajstić information content (AvgIpc) is 2.56. The highest BCUT2D eigenvalue weighted by atomic mass is 16.5. The van der Waals surface area contributed by atoms with Crippen molar-refractivity contribution in [3.05, 3.63) is 0 Å². The molecule has 0 radical (unpaired) electrons. The molecule has 0 bridgehead atoms. The Labute approximate surface area is 133 Å². The molecule has 1 aliphatic heterocycles. The molecular weight excluding hydrogens is 284 g/mol. The molecule has 1 heterocycles. The van der Waals surface area contributed by atoms with Crippen LogP contribution < -0.4 is 5.73 Å². The number of carbonyl (C=O) groups is 2. The van der Waals surface area contributed by atoms with Crippen LogP contribution in [-0.4, -0.2) is 56.2 Å². The highest BCUT2D eigenvalue weighted by Crippen LogP contribution is 2.32. The fourth-order valence-corrected chi connectivity index (χ4v) is 2.74. The predicted molar refractivity (Wildman–Crippen MR) is 84.1 cm³/mol. The summed E-state index contributed by atoms with van der Waals surface area (Å²) in [5.74, 6) is -0.0639. The first-order chi connectivity index (χ1) is 10.4. The molecule has 6 heteroatoms. The monoisotopic (exact) mass is 314 g/mol. The number of hydrogen-bond acceptors (Lipinski definition) is 5. The zero-order chi connectivity index (χ0) is 16.7. The van der Waals surface area contributed by atoms with Crippen molar-refractivity contribution in [3.8, 4) is 0 Å². The van der Waals surface area contributed by atoms with Crippen molar-refractivity contribution in [3.63, 3.8) is 0 Å². The van der Waals surface area contributed by atoms with Gasteiger partial charge in [-0.05, 0) is 11.8 Å². The summed E-state index contributed by atoms with van der Waals surface area (Å²) in [6, 6.07) is 0. The van der Waals surface area contributed by atoms with E-state index in [1.807, 2.05) is 27.7 Å². The van der Waals surface area contributed by atoms with E-state index in [1.54, 1.807) is 0 Å². The third-order valence-corrected chi connectivity index (χ3v) is 4.81. The van der Waals surface area contributed by atoms with Crippen molar-refractivity contribution < 1.29 is 19.1 Å². The van der Waals surface area contributed by atoms with Crippen molar-refractivity contribution in [1.82, 2.24) is 4.90 Å². The normalized spacial score (nSPS) is 29.8. The Kier molecular flexibility index (Phi) is 8.00. The largest absolute Gasteiger partial charge is 0.378 e. The maximum absolute atomic E-state index is 12.5. The predicted octanol–water partition coefficient (Wildman–Crippen LogP) is 0.892. The second kappa shape index (κ2) is 9.22. The molecule has 1 aliphatic rings. The third kappa shape index (κ3) is 4.76. The lowest BCUT2D eigenvalue weighted by atomic mass is 9.79. The number of ether oxygens (including phenoxy) is 2. The lowest BCUT2D eigenvalue weighted by molar-refractivity contribution is -0.149. The van der Waals surface area contributed by atoms with Gasteiger partial charge in [0.15, 0.2) is 0 Å². The summed E-state index contributed by atoms with van der Waals surface area (Å²) in [5.41, 5.74) is 5.31. The zero-order valence-corrected chi connectivity index (χ0v) is 14.2. The number of likely N-dealkylation sites (tertiary alicyclic amines) is 1. The van der Waals surface area contributed by atoms with E-state index >= 15 is 0 Å². The second-order valence-corrected chi connectivity index (χ2v) is 6.14. The van der Waals surface area contributed by atoms with Gasteiger partial charge >= 0.3 is 0 Å². The minimum atomic E-state index is -0.142. The molecule has 0 saturated carbocycles. The molecule has 1 saturated heterocycles. The molecule has 0 aromatic rings. The number of amides is 2. The molecule has 1 rings (SSSR count). The third-order valence-electron chi connectivity index (χ3n) is 4.81. The standard InChI is InChI=1S/C16H30N2O4/c1-11-12(2)14(4)16(20)18(15(19)13(11)3)6-8-22-10-9-21-7-5-17/h11-14H,5-10,17H2,1-4H3. The van der Waals surface area contributed by atoms with Gasteiger partial charge in [-0.2, -0.15) is 0 Å². The van der Waals surface area contributed by atoms with Gasteiger partial charge in [0.25, 0.3) is 0 Å². The molecule has 128 valence electrons. The molecule has 2 amide bonds. The Bertz CT molecular complexity index is 349. The number of nitrogens with zero attached hydrogens (tertiary/aromatic N) is 1. The lowest BCUT2D eigenvalue weighted by Gasteiger charge is -2.23. The molecule has 0 aromatic heterocycles. The first kappa shape index (κ1) is 19.1. The Morgan fingerprint density at radius 2 is 1.32 bits per heavy atom. The summed E-state index contributed by atoms with van der Waals surface area (Å²) in [7, 11) is 0. The van der Waals surface area contributed by atoms with Gasteiger partial charge in [0.05, 0.1) is 33.0 Å². The van der Waals surface area contributed by atoms with Crippen LogP contribution in [0.15, 0.2) is 0 Å². The molecule has 6 nitrogen and oxygen atoms in total. The molecule has 4 unspecified atom stereocenters. The first-order valence-corrected chi connectivity index (χ1v) is 8.12. The van der Waals surface area contributed by atoms with Crippen molar-refractivity contribution in [1.29, 1.82) is 0 Å². The highest BCUT2D eigenvalue weighted by Gasteiger charge is 2.41. The van der Waals surface area contributed by atoms with Crippen molar-refractivity contribution in [2.24, 2.45) is 29.4 Å². The maximum atomic E-state index is 12.5. The fourth-order valence-electron chi connectivity index (χ4n) is 2.74. The molecular formula is C16H30N2O4. The minimum Gasteiger partial charge on any atom is -0.378 e. The van der Waals surface area contributed by atoms with Crippen molar-refractivity contribution in [2.75, 3.05) is 39.5 Å². The second-order valence-electron chi connectivity index (χ2n) is 6.14. The number of nitrogens with two attached hydrogens (primary N) is 1. The number of rotatable bonds is 8. The molecule has 1 fully saturated rings. The number of hydrogen-bond donors (Lipinski definition) is 1. The molecule has 22 heavy (non-hydrogen) atoms. The van der Waals surface area contributed by atoms with Gasteiger partial charge in [-0.3, -0.25) is 14.5 Å². The van der Waals surface area contributed by atoms with E-state index in [0.717, 1.165) is 0 Å². The van der Waals surface area contributed by atoms with E-state index in [1.165, 1.54) is 4.90 Å². The molecule has 0 spiro atoms. The van der Waals surface area contributed by atoms with Crippen LogP contribution in [0.4, 0.5) is 0 Å². The quantitative estimate of drug-likeness (QED) is 0.531. The summed E-state index contributed by atoms with van der Waals surface area (Å²) in [6.45, 7) is 10.5. The average molecular weight is 314 g/mol. The SMILES string of the molecule is CC1C(=O)N(CCOCCOCCN)C(=O)C(C)C(C)C1C. The van der Waals surface area contributed by atoms with E-state index in [4.69, 9.17) is 15.2 Å². The van der Waals surface area contributed by atoms with Crippen LogP contribution >= 0.6 is 0 Å². The van der Waals surface area contributed by atoms with Crippen LogP contribution in [0.2, 0.25) is 0 Å². The fraction of sp³-hybridized carbons (Fsp3) is 0.875. The van der Waals surface area contributed by atoms with Gasteiger partial charge in [-0.25, -0.2) is 0 Å². The van der Waals surface area contributed by atoms with E-state index in [-0.39, 0.29) is 35.5 Å². The van der Waals surface area contributed by atoms with Crippen LogP contribution in [0.3, 0.4) is 0 Å². The van der Waals surface area contributed by atoms with E-state index in [9.17, 15) is 9.59 Å². The van der Waals surface area contributed by atoms with Gasteiger partial charge in [0, 0.05) is 18.4 Å². The van der Waals surface area contributed by atoms with E-state index < -0.39 is 0 Å². The van der Waals surface area contributed by atoms with Crippen LogP contribution in [-0.2, 0) is 19.1 Å². The summed E-state index contributed by atoms with van der Waals surface area (Å²) in [4.78, 5) is 26.3. The Balaban J connectivity index is 2.49. The minimum absolute atomic E-state index is 0.0864. The smallest absolute Gasteiger partial charge is 0.232 e. The van der Waals surface area contributed by atoms with E-state index in [2.05, 4.69) is 0 Å². The molecule has 2 N–H and O–H groups in total. The van der Waals surface area contributed by atoms with Crippen molar-refractivity contribution >= 4 is 11.8 Å². The topological polar surface area (TPSA) is 81.9 Å². The van der Waals surface area contributed by atoms with Crippen LogP contribution in [0.1, 0.15) is 27.7 Å². The van der Waals surface area contributed by atoms with Gasteiger partial charge in [-0.1, -0.05) is 27.7 Å². The molecule has 0 aromatic carbocycles. The van der Waals surface area contributed by atoms with Crippen molar-refractivity contribution in [2.45, 2.75) is 27.7 Å². The van der Waals surface area contributed by atoms with Gasteiger partial charge in [0.1, 0.15) is 0 Å². The summed E-state index contributed by atoms with van der Waals surface area (Å²) >= 11 is 0. The highest BCUT2D eigenvalue weighted by molar-refractivity contribution is 5.98. The molecule has 4 atom stereocenters. The van der Waals surface area contributed by atoms with E-state index in [0.29, 0.717) is 39.5 Å². The summed E-state index contributed by atoms with van der Waals surface area (Å²) in [6.07, 6.45) is 0. The van der Waals surface area contributed by atoms with Gasteiger partial charge in [-0.15, -0.1) is 0 Å². The Hall–Kier alpha value is -0.980. The lowest BCUT2D eigenvalue weighted by Crippen LogP contribution is -2.43.